The van der Waals surface area contributed by atoms with Crippen molar-refractivity contribution in [1.29, 1.82) is 0 Å². The van der Waals surface area contributed by atoms with E-state index in [1.54, 1.807) is 12.1 Å². The van der Waals surface area contributed by atoms with Gasteiger partial charge in [-0.25, -0.2) is 4.79 Å². The molecular weight excluding hydrogens is 270 g/mol. The third-order valence-corrected chi connectivity index (χ3v) is 4.23. The highest BCUT2D eigenvalue weighted by molar-refractivity contribution is 5.87. The zero-order valence-corrected chi connectivity index (χ0v) is 12.1. The van der Waals surface area contributed by atoms with Crippen LogP contribution in [-0.4, -0.2) is 28.1 Å². The molecule has 1 atom stereocenters. The molecule has 0 radical (unpaired) electrons. The molecule has 0 spiro atoms. The van der Waals surface area contributed by atoms with Crippen LogP contribution < -0.4 is 5.32 Å². The molecule has 1 fully saturated rings. The fourth-order valence-electron chi connectivity index (χ4n) is 2.78. The monoisotopic (exact) mass is 291 g/mol. The predicted octanol–water partition coefficient (Wildman–Crippen LogP) is 2.08. The number of aromatic hydroxyl groups is 1. The van der Waals surface area contributed by atoms with Gasteiger partial charge in [0.25, 0.3) is 0 Å². The number of phenols is 1. The Labute approximate surface area is 124 Å². The summed E-state index contributed by atoms with van der Waals surface area (Å²) in [6.45, 7) is 1.90. The number of nitrogens with one attached hydrogen (secondary N) is 1. The maximum Gasteiger partial charge on any atom is 0.326 e. The lowest BCUT2D eigenvalue weighted by molar-refractivity contribution is -0.143. The van der Waals surface area contributed by atoms with E-state index in [1.165, 1.54) is 12.1 Å². The van der Waals surface area contributed by atoms with Crippen molar-refractivity contribution in [2.75, 3.05) is 0 Å². The Morgan fingerprint density at radius 2 is 1.81 bits per heavy atom. The van der Waals surface area contributed by atoms with Gasteiger partial charge in [0, 0.05) is 11.8 Å². The first-order valence-corrected chi connectivity index (χ1v) is 7.22. The Bertz CT molecular complexity index is 518. The van der Waals surface area contributed by atoms with Gasteiger partial charge in [-0.15, -0.1) is 0 Å². The average Bonchev–Trinajstić information content (AvgIpc) is 2.88. The zero-order valence-electron chi connectivity index (χ0n) is 12.1. The van der Waals surface area contributed by atoms with Crippen LogP contribution >= 0.6 is 0 Å². The summed E-state index contributed by atoms with van der Waals surface area (Å²) in [5.74, 6) is -1.09. The third-order valence-electron chi connectivity index (χ3n) is 4.23. The minimum Gasteiger partial charge on any atom is -0.508 e. The Balaban J connectivity index is 2.04. The predicted molar refractivity (Wildman–Crippen MR) is 78.0 cm³/mol. The number of benzene rings is 1. The second-order valence-electron chi connectivity index (χ2n) is 6.00. The molecular formula is C16H21NO4. The topological polar surface area (TPSA) is 86.6 Å². The van der Waals surface area contributed by atoms with Gasteiger partial charge in [0.05, 0.1) is 0 Å². The molecule has 0 heterocycles. The van der Waals surface area contributed by atoms with Gasteiger partial charge in [0.2, 0.25) is 5.91 Å². The standard InChI is InChI=1S/C16H21NO4/c1-16(8-2-3-9-16)15(21)17-13(14(19)20)10-11-4-6-12(18)7-5-11/h4-7,13,18H,2-3,8-10H2,1H3,(H,17,21)(H,19,20)/t13-/m0/s1. The quantitative estimate of drug-likeness (QED) is 0.775. The van der Waals surface area contributed by atoms with Crippen LogP contribution in [0.3, 0.4) is 0 Å². The molecule has 2 rings (SSSR count). The van der Waals surface area contributed by atoms with E-state index >= 15 is 0 Å². The van der Waals surface area contributed by atoms with Crippen LogP contribution in [0.4, 0.5) is 0 Å². The van der Waals surface area contributed by atoms with E-state index in [0.29, 0.717) is 0 Å². The van der Waals surface area contributed by atoms with E-state index in [9.17, 15) is 19.8 Å². The molecule has 114 valence electrons. The number of phenolic OH excluding ortho intramolecular Hbond substituents is 1. The summed E-state index contributed by atoms with van der Waals surface area (Å²) < 4.78 is 0. The highest BCUT2D eigenvalue weighted by atomic mass is 16.4. The molecule has 0 bridgehead atoms. The van der Waals surface area contributed by atoms with Crippen molar-refractivity contribution in [1.82, 2.24) is 5.32 Å². The molecule has 0 saturated heterocycles. The van der Waals surface area contributed by atoms with E-state index in [4.69, 9.17) is 0 Å². The Morgan fingerprint density at radius 3 is 2.33 bits per heavy atom. The summed E-state index contributed by atoms with van der Waals surface area (Å²) in [6.07, 6.45) is 3.85. The minimum atomic E-state index is -1.04. The second kappa shape index (κ2) is 6.16. The van der Waals surface area contributed by atoms with Crippen molar-refractivity contribution < 1.29 is 19.8 Å². The largest absolute Gasteiger partial charge is 0.508 e. The first-order chi connectivity index (χ1) is 9.90. The van der Waals surface area contributed by atoms with Crippen molar-refractivity contribution in [3.63, 3.8) is 0 Å². The number of hydrogen-bond donors (Lipinski definition) is 3. The molecule has 0 aromatic heterocycles. The van der Waals surface area contributed by atoms with E-state index in [1.807, 2.05) is 6.92 Å². The second-order valence-corrected chi connectivity index (χ2v) is 6.00. The van der Waals surface area contributed by atoms with Gasteiger partial charge in [-0.2, -0.15) is 0 Å². The maximum absolute atomic E-state index is 12.3. The maximum atomic E-state index is 12.3. The molecule has 5 heteroatoms. The average molecular weight is 291 g/mol. The Kier molecular flexibility index (Phi) is 4.50. The summed E-state index contributed by atoms with van der Waals surface area (Å²) in [6, 6.07) is 5.39. The summed E-state index contributed by atoms with van der Waals surface area (Å²) in [7, 11) is 0. The van der Waals surface area contributed by atoms with E-state index in [2.05, 4.69) is 5.32 Å². The zero-order chi connectivity index (χ0) is 15.5. The first-order valence-electron chi connectivity index (χ1n) is 7.22. The van der Waals surface area contributed by atoms with E-state index in [-0.39, 0.29) is 18.1 Å². The highest BCUT2D eigenvalue weighted by Crippen LogP contribution is 2.37. The molecule has 1 aliphatic carbocycles. The van der Waals surface area contributed by atoms with Gasteiger partial charge >= 0.3 is 5.97 Å². The molecule has 5 nitrogen and oxygen atoms in total. The molecule has 0 unspecified atom stereocenters. The molecule has 21 heavy (non-hydrogen) atoms. The first kappa shape index (κ1) is 15.4. The lowest BCUT2D eigenvalue weighted by atomic mass is 9.87. The van der Waals surface area contributed by atoms with Crippen LogP contribution in [0.2, 0.25) is 0 Å². The number of hydrogen-bond acceptors (Lipinski definition) is 3. The highest BCUT2D eigenvalue weighted by Gasteiger charge is 2.37. The van der Waals surface area contributed by atoms with Gasteiger partial charge in [0.1, 0.15) is 11.8 Å². The molecule has 3 N–H and O–H groups in total. The summed E-state index contributed by atoms with van der Waals surface area (Å²) in [5, 5.41) is 21.2. The van der Waals surface area contributed by atoms with Crippen molar-refractivity contribution in [3.8, 4) is 5.75 Å². The van der Waals surface area contributed by atoms with E-state index < -0.39 is 17.4 Å². The van der Waals surface area contributed by atoms with Crippen LogP contribution in [0.5, 0.6) is 5.75 Å². The number of carboxylic acids is 1. The molecule has 1 aromatic rings. The number of amides is 1. The van der Waals surface area contributed by atoms with Crippen molar-refractivity contribution >= 4 is 11.9 Å². The summed E-state index contributed by atoms with van der Waals surface area (Å²) in [5.41, 5.74) is 0.319. The number of aliphatic carboxylic acids is 1. The number of carbonyl (C=O) groups excluding carboxylic acids is 1. The molecule has 1 aliphatic rings. The smallest absolute Gasteiger partial charge is 0.326 e. The molecule has 1 aromatic carbocycles. The van der Waals surface area contributed by atoms with Crippen molar-refractivity contribution in [2.24, 2.45) is 5.41 Å². The van der Waals surface area contributed by atoms with Gasteiger partial charge in [-0.05, 0) is 30.5 Å². The van der Waals surface area contributed by atoms with Gasteiger partial charge < -0.3 is 15.5 Å². The number of rotatable bonds is 5. The molecule has 0 aliphatic heterocycles. The minimum absolute atomic E-state index is 0.133. The lowest BCUT2D eigenvalue weighted by Gasteiger charge is -2.25. The third kappa shape index (κ3) is 3.74. The van der Waals surface area contributed by atoms with Gasteiger partial charge in [-0.1, -0.05) is 31.9 Å². The molecule has 1 amide bonds. The summed E-state index contributed by atoms with van der Waals surface area (Å²) >= 11 is 0. The fourth-order valence-corrected chi connectivity index (χ4v) is 2.78. The van der Waals surface area contributed by atoms with Crippen LogP contribution in [0.15, 0.2) is 24.3 Å². The number of carboxylic acid groups (broad SMARTS) is 1. The van der Waals surface area contributed by atoms with Crippen LogP contribution in [0.25, 0.3) is 0 Å². The Hall–Kier alpha value is -2.04. The van der Waals surface area contributed by atoms with Crippen molar-refractivity contribution in [3.05, 3.63) is 29.8 Å². The SMILES string of the molecule is CC1(C(=O)N[C@@H](Cc2ccc(O)cc2)C(=O)O)CCCC1. The molecule has 1 saturated carbocycles. The summed E-state index contributed by atoms with van der Waals surface area (Å²) in [4.78, 5) is 23.7. The normalized spacial score (nSPS) is 18.1. The van der Waals surface area contributed by atoms with E-state index in [0.717, 1.165) is 31.2 Å². The van der Waals surface area contributed by atoms with Gasteiger partial charge in [0.15, 0.2) is 0 Å². The van der Waals surface area contributed by atoms with Crippen molar-refractivity contribution in [2.45, 2.75) is 45.1 Å². The van der Waals surface area contributed by atoms with Gasteiger partial charge in [-0.3, -0.25) is 4.79 Å². The van der Waals surface area contributed by atoms with Crippen LogP contribution in [0.1, 0.15) is 38.2 Å². The van der Waals surface area contributed by atoms with Crippen LogP contribution in [-0.2, 0) is 16.0 Å². The Morgan fingerprint density at radius 1 is 1.24 bits per heavy atom. The fraction of sp³-hybridized carbons (Fsp3) is 0.500. The number of carbonyl (C=O) groups is 2. The van der Waals surface area contributed by atoms with Crippen LogP contribution in [0, 0.1) is 5.41 Å². The lowest BCUT2D eigenvalue weighted by Crippen LogP contribution is -2.47.